The van der Waals surface area contributed by atoms with Gasteiger partial charge in [0.2, 0.25) is 0 Å². The Morgan fingerprint density at radius 2 is 1.91 bits per heavy atom. The molecule has 0 saturated carbocycles. The van der Waals surface area contributed by atoms with Crippen LogP contribution in [0.5, 0.6) is 5.75 Å². The molecule has 2 amide bonds. The lowest BCUT2D eigenvalue weighted by atomic mass is 9.95. The third-order valence-corrected chi connectivity index (χ3v) is 6.91. The molecule has 0 radical (unpaired) electrons. The van der Waals surface area contributed by atoms with E-state index in [0.717, 1.165) is 11.3 Å². The maximum absolute atomic E-state index is 13.1. The van der Waals surface area contributed by atoms with E-state index in [1.54, 1.807) is 23.1 Å². The van der Waals surface area contributed by atoms with Crippen LogP contribution in [0.2, 0.25) is 5.02 Å². The molecule has 2 aromatic rings. The number of thiazole rings is 1. The van der Waals surface area contributed by atoms with Gasteiger partial charge in [-0.1, -0.05) is 32.4 Å². The molecule has 1 atom stereocenters. The Morgan fingerprint density at radius 3 is 2.45 bits per heavy atom. The molecule has 1 saturated heterocycles. The smallest absolute Gasteiger partial charge is 0.410 e. The molecule has 1 aliphatic rings. The molecule has 33 heavy (non-hydrogen) atoms. The van der Waals surface area contributed by atoms with Gasteiger partial charge in [-0.25, -0.2) is 4.79 Å². The summed E-state index contributed by atoms with van der Waals surface area (Å²) in [5.74, 6) is -0.00888. The van der Waals surface area contributed by atoms with Crippen LogP contribution in [0.1, 0.15) is 63.2 Å². The van der Waals surface area contributed by atoms with Gasteiger partial charge in [0.1, 0.15) is 11.4 Å². The fourth-order valence-electron chi connectivity index (χ4n) is 3.36. The van der Waals surface area contributed by atoms with Crippen molar-refractivity contribution < 1.29 is 19.1 Å². The Morgan fingerprint density at radius 1 is 1.21 bits per heavy atom. The van der Waals surface area contributed by atoms with Crippen molar-refractivity contribution in [3.63, 3.8) is 0 Å². The number of ether oxygens (including phenoxy) is 2. The Bertz CT molecular complexity index is 1110. The van der Waals surface area contributed by atoms with Crippen LogP contribution in [0.25, 0.3) is 0 Å². The van der Waals surface area contributed by atoms with Gasteiger partial charge in [0.05, 0.1) is 18.7 Å². The summed E-state index contributed by atoms with van der Waals surface area (Å²) in [6.45, 7) is 13.1. The lowest BCUT2D eigenvalue weighted by molar-refractivity contribution is -0.00840. The summed E-state index contributed by atoms with van der Waals surface area (Å²) in [4.78, 5) is 33.4. The summed E-state index contributed by atoms with van der Waals surface area (Å²) in [6, 6.07) is 4.87. The molecule has 0 bridgehead atoms. The van der Waals surface area contributed by atoms with Crippen molar-refractivity contribution in [2.45, 2.75) is 71.6 Å². The van der Waals surface area contributed by atoms with E-state index < -0.39 is 11.5 Å². The molecule has 0 unspecified atom stereocenters. The van der Waals surface area contributed by atoms with Crippen molar-refractivity contribution in [2.24, 2.45) is 4.99 Å². The highest BCUT2D eigenvalue weighted by molar-refractivity contribution is 7.09. The third kappa shape index (κ3) is 6.18. The minimum absolute atomic E-state index is 0.0166. The number of rotatable bonds is 4. The standard InChI is InChI=1S/C24H32ClN3O4S/c1-23(2,3)19-14-27(13-16-10-11-28(16)22(30)32-24(4,5)6)21(33-19)26-20(29)17-12-15(25)8-9-18(17)31-7/h8-9,12,14,16H,10-11,13H2,1-7H3/b26-21-/t16-/m0/s1. The van der Waals surface area contributed by atoms with Crippen LogP contribution in [0, 0.1) is 0 Å². The Hall–Kier alpha value is -2.32. The molecule has 9 heteroatoms. The van der Waals surface area contributed by atoms with Gasteiger partial charge in [0, 0.05) is 29.2 Å². The fourth-order valence-corrected chi connectivity index (χ4v) is 4.59. The number of carbonyl (C=O) groups is 2. The number of hydrogen-bond donors (Lipinski definition) is 0. The van der Waals surface area contributed by atoms with Crippen LogP contribution >= 0.6 is 22.9 Å². The molecule has 0 N–H and O–H groups in total. The maximum atomic E-state index is 13.1. The molecule has 1 aromatic carbocycles. The molecule has 7 nitrogen and oxygen atoms in total. The van der Waals surface area contributed by atoms with Gasteiger partial charge in [0.25, 0.3) is 5.91 Å². The number of methoxy groups -OCH3 is 1. The summed E-state index contributed by atoms with van der Waals surface area (Å²) >= 11 is 7.57. The van der Waals surface area contributed by atoms with Gasteiger partial charge < -0.3 is 18.9 Å². The number of likely N-dealkylation sites (tertiary alicyclic amines) is 1. The van der Waals surface area contributed by atoms with Crippen molar-refractivity contribution in [1.82, 2.24) is 9.47 Å². The van der Waals surface area contributed by atoms with Crippen molar-refractivity contribution >= 4 is 34.9 Å². The van der Waals surface area contributed by atoms with E-state index in [1.165, 1.54) is 18.4 Å². The number of benzene rings is 1. The normalized spacial score (nSPS) is 17.0. The lowest BCUT2D eigenvalue weighted by Gasteiger charge is -2.41. The van der Waals surface area contributed by atoms with Crippen LogP contribution < -0.4 is 9.54 Å². The van der Waals surface area contributed by atoms with Crippen molar-refractivity contribution in [3.8, 4) is 5.75 Å². The van der Waals surface area contributed by atoms with Gasteiger partial charge in [0.15, 0.2) is 4.80 Å². The van der Waals surface area contributed by atoms with E-state index in [1.807, 2.05) is 31.5 Å². The highest BCUT2D eigenvalue weighted by Gasteiger charge is 2.36. The molecule has 2 heterocycles. The van der Waals surface area contributed by atoms with Gasteiger partial charge in [-0.2, -0.15) is 4.99 Å². The molecular weight excluding hydrogens is 462 g/mol. The molecule has 180 valence electrons. The number of amides is 2. The molecule has 3 rings (SSSR count). The second kappa shape index (κ2) is 9.50. The van der Waals surface area contributed by atoms with Crippen LogP contribution in [-0.2, 0) is 16.7 Å². The largest absolute Gasteiger partial charge is 0.496 e. The second-order valence-electron chi connectivity index (χ2n) is 10.2. The zero-order chi connectivity index (χ0) is 24.6. The number of halogens is 1. The summed E-state index contributed by atoms with van der Waals surface area (Å²) < 4.78 is 12.8. The van der Waals surface area contributed by atoms with Gasteiger partial charge >= 0.3 is 6.09 Å². The number of nitrogens with zero attached hydrogens (tertiary/aromatic N) is 3. The average Bonchev–Trinajstić information content (AvgIpc) is 3.06. The zero-order valence-electron chi connectivity index (χ0n) is 20.3. The lowest BCUT2D eigenvalue weighted by Crippen LogP contribution is -2.54. The topological polar surface area (TPSA) is 73.1 Å². The summed E-state index contributed by atoms with van der Waals surface area (Å²) in [7, 11) is 1.50. The second-order valence-corrected chi connectivity index (χ2v) is 11.6. The Balaban J connectivity index is 1.94. The maximum Gasteiger partial charge on any atom is 0.410 e. The van der Waals surface area contributed by atoms with E-state index >= 15 is 0 Å². The van der Waals surface area contributed by atoms with E-state index in [4.69, 9.17) is 21.1 Å². The van der Waals surface area contributed by atoms with Crippen LogP contribution in [0.3, 0.4) is 0 Å². The molecule has 1 aliphatic heterocycles. The minimum atomic E-state index is -0.547. The molecular formula is C24H32ClN3O4S. The van der Waals surface area contributed by atoms with Gasteiger partial charge in [-0.05, 0) is 50.8 Å². The van der Waals surface area contributed by atoms with Crippen molar-refractivity contribution in [1.29, 1.82) is 0 Å². The predicted molar refractivity (Wildman–Crippen MR) is 130 cm³/mol. The molecule has 1 fully saturated rings. The minimum Gasteiger partial charge on any atom is -0.496 e. The Labute approximate surface area is 204 Å². The molecule has 0 spiro atoms. The van der Waals surface area contributed by atoms with Crippen LogP contribution in [0.15, 0.2) is 29.4 Å². The number of hydrogen-bond acceptors (Lipinski definition) is 5. The first-order valence-electron chi connectivity index (χ1n) is 10.9. The monoisotopic (exact) mass is 493 g/mol. The van der Waals surface area contributed by atoms with Crippen molar-refractivity contribution in [2.75, 3.05) is 13.7 Å². The SMILES string of the molecule is COc1ccc(Cl)cc1C(=O)/N=c1\sc(C(C)(C)C)cn1C[C@@H]1CCN1C(=O)OC(C)(C)C. The first-order chi connectivity index (χ1) is 15.3. The van der Waals surface area contributed by atoms with E-state index in [-0.39, 0.29) is 17.6 Å². The zero-order valence-corrected chi connectivity index (χ0v) is 21.8. The first kappa shape index (κ1) is 25.3. The molecule has 0 aliphatic carbocycles. The van der Waals surface area contributed by atoms with Gasteiger partial charge in [-0.15, -0.1) is 11.3 Å². The quantitative estimate of drug-likeness (QED) is 0.582. The Kier molecular flexibility index (Phi) is 7.29. The van der Waals surface area contributed by atoms with E-state index in [9.17, 15) is 9.59 Å². The predicted octanol–water partition coefficient (Wildman–Crippen LogP) is 5.26. The molecule has 1 aromatic heterocycles. The van der Waals surface area contributed by atoms with E-state index in [2.05, 4.69) is 25.8 Å². The summed E-state index contributed by atoms with van der Waals surface area (Å²) in [5, 5.41) is 0.436. The highest BCUT2D eigenvalue weighted by Crippen LogP contribution is 2.27. The summed E-state index contributed by atoms with van der Waals surface area (Å²) in [6.07, 6.45) is 2.57. The van der Waals surface area contributed by atoms with Crippen LogP contribution in [0.4, 0.5) is 4.79 Å². The first-order valence-corrected chi connectivity index (χ1v) is 12.1. The van der Waals surface area contributed by atoms with Crippen LogP contribution in [-0.4, -0.2) is 46.8 Å². The summed E-state index contributed by atoms with van der Waals surface area (Å²) in [5.41, 5.74) is -0.349. The van der Waals surface area contributed by atoms with Crippen molar-refractivity contribution in [3.05, 3.63) is 44.7 Å². The third-order valence-electron chi connectivity index (χ3n) is 5.23. The number of carbonyl (C=O) groups excluding carboxylic acids is 2. The highest BCUT2D eigenvalue weighted by atomic mass is 35.5. The average molecular weight is 494 g/mol. The van der Waals surface area contributed by atoms with E-state index in [0.29, 0.717) is 34.2 Å². The number of aromatic nitrogens is 1. The fraction of sp³-hybridized carbons (Fsp3) is 0.542. The van der Waals surface area contributed by atoms with Gasteiger partial charge in [-0.3, -0.25) is 4.79 Å².